The summed E-state index contributed by atoms with van der Waals surface area (Å²) in [6.45, 7) is 1.04. The molecule has 0 saturated carbocycles. The number of ketones is 1. The van der Waals surface area contributed by atoms with E-state index in [9.17, 15) is 15.0 Å². The maximum absolute atomic E-state index is 13.5. The van der Waals surface area contributed by atoms with Crippen LogP contribution in [-0.2, 0) is 26.1 Å². The van der Waals surface area contributed by atoms with E-state index in [1.54, 1.807) is 0 Å². The molecule has 0 aliphatic carbocycles. The summed E-state index contributed by atoms with van der Waals surface area (Å²) < 4.78 is 2.09. The van der Waals surface area contributed by atoms with Gasteiger partial charge in [0.15, 0.2) is 21.7 Å². The molecule has 0 radical (unpaired) electrons. The van der Waals surface area contributed by atoms with Crippen molar-refractivity contribution >= 4 is 83.3 Å². The number of nitrogens with zero attached hydrogens (tertiary/aromatic N) is 4. The Morgan fingerprint density at radius 3 is 1.67 bits per heavy atom. The van der Waals surface area contributed by atoms with Gasteiger partial charge in [0.1, 0.15) is 0 Å². The van der Waals surface area contributed by atoms with Crippen LogP contribution in [0.2, 0.25) is 0 Å². The number of aliphatic hydroxyl groups is 2. The molecule has 2 aromatic carbocycles. The summed E-state index contributed by atoms with van der Waals surface area (Å²) >= 11 is 9.62. The first-order valence-corrected chi connectivity index (χ1v) is 14.6. The summed E-state index contributed by atoms with van der Waals surface area (Å²) in [5.74, 6) is 0.926. The van der Waals surface area contributed by atoms with Crippen molar-refractivity contribution in [2.75, 3.05) is 22.9 Å². The predicted octanol–water partition coefficient (Wildman–Crippen LogP) is 5.73. The Balaban J connectivity index is 1.35. The Morgan fingerprint density at radius 1 is 0.806 bits per heavy atom. The maximum atomic E-state index is 13.5. The van der Waals surface area contributed by atoms with Crippen LogP contribution >= 0.6 is 54.5 Å². The fourth-order valence-electron chi connectivity index (χ4n) is 4.82. The lowest BCUT2D eigenvalue weighted by molar-refractivity contribution is 0.103. The number of anilines is 4. The number of thiazole rings is 2. The molecule has 2 aliphatic rings. The van der Waals surface area contributed by atoms with Crippen LogP contribution in [0, 0.1) is 0 Å². The van der Waals surface area contributed by atoms with Gasteiger partial charge in [0.25, 0.3) is 0 Å². The minimum Gasteiger partial charge on any atom is -0.391 e. The molecule has 4 aromatic rings. The Morgan fingerprint density at radius 2 is 1.25 bits per heavy atom. The van der Waals surface area contributed by atoms with Gasteiger partial charge in [-0.25, -0.2) is 9.97 Å². The predicted molar refractivity (Wildman–Crippen MR) is 149 cm³/mol. The number of fused-ring (bicyclic) bond motifs is 2. The smallest absolute Gasteiger partial charge is 0.250 e. The highest BCUT2D eigenvalue weighted by atomic mass is 79.9. The standard InChI is InChI=1S/C25H20Br2N4O3S2/c26-15-3-1-5-17-13(15)7-9-30(17)22-19(11-32)35-24(28-22)21(34)25-29-23(20(12-33)36-25)31-10-8-14-16(27)4-2-6-18(14)31/h1-6,32-33H,7-12H2. The molecule has 0 spiro atoms. The molecular formula is C25H20Br2N4O3S2. The van der Waals surface area contributed by atoms with Crippen LogP contribution in [0.15, 0.2) is 45.3 Å². The largest absolute Gasteiger partial charge is 0.391 e. The molecule has 0 unspecified atom stereocenters. The first-order chi connectivity index (χ1) is 17.5. The second kappa shape index (κ2) is 9.62. The zero-order valence-corrected chi connectivity index (χ0v) is 23.7. The molecule has 4 heterocycles. The number of hydrogen-bond acceptors (Lipinski definition) is 9. The molecule has 0 amide bonds. The van der Waals surface area contributed by atoms with Crippen molar-refractivity contribution in [1.82, 2.24) is 9.97 Å². The van der Waals surface area contributed by atoms with Crippen LogP contribution in [-0.4, -0.2) is 39.1 Å². The number of carbonyl (C=O) groups is 1. The summed E-state index contributed by atoms with van der Waals surface area (Å²) in [4.78, 5) is 28.3. The molecule has 36 heavy (non-hydrogen) atoms. The molecule has 11 heteroatoms. The minimum absolute atomic E-state index is 0.204. The Kier molecular flexibility index (Phi) is 6.47. The van der Waals surface area contributed by atoms with Crippen LogP contribution in [0.25, 0.3) is 0 Å². The molecule has 7 nitrogen and oxygen atoms in total. The highest BCUT2D eigenvalue weighted by molar-refractivity contribution is 9.10. The van der Waals surface area contributed by atoms with E-state index in [0.717, 1.165) is 46.3 Å². The summed E-state index contributed by atoms with van der Waals surface area (Å²) in [5, 5.41) is 20.7. The van der Waals surface area contributed by atoms with Gasteiger partial charge in [-0.05, 0) is 48.2 Å². The van der Waals surface area contributed by atoms with Gasteiger partial charge in [0.05, 0.1) is 23.0 Å². The van der Waals surface area contributed by atoms with Crippen molar-refractivity contribution in [3.8, 4) is 0 Å². The van der Waals surface area contributed by atoms with Crippen molar-refractivity contribution in [3.63, 3.8) is 0 Å². The van der Waals surface area contributed by atoms with Crippen LogP contribution in [0.5, 0.6) is 0 Å². The topological polar surface area (TPSA) is 89.8 Å². The molecule has 184 valence electrons. The van der Waals surface area contributed by atoms with Crippen molar-refractivity contribution < 1.29 is 15.0 Å². The van der Waals surface area contributed by atoms with Gasteiger partial charge in [-0.2, -0.15) is 0 Å². The molecule has 2 aliphatic heterocycles. The molecule has 0 saturated heterocycles. The highest BCUT2D eigenvalue weighted by Gasteiger charge is 2.31. The van der Waals surface area contributed by atoms with Crippen molar-refractivity contribution in [2.24, 2.45) is 0 Å². The van der Waals surface area contributed by atoms with Gasteiger partial charge in [-0.1, -0.05) is 44.0 Å². The quantitative estimate of drug-likeness (QED) is 0.259. The zero-order valence-electron chi connectivity index (χ0n) is 18.9. The van der Waals surface area contributed by atoms with Gasteiger partial charge in [-0.15, -0.1) is 22.7 Å². The first kappa shape index (κ1) is 24.2. The number of hydrogen-bond donors (Lipinski definition) is 2. The van der Waals surface area contributed by atoms with Crippen LogP contribution in [0.4, 0.5) is 23.0 Å². The van der Waals surface area contributed by atoms with Crippen molar-refractivity contribution in [3.05, 3.63) is 76.2 Å². The molecule has 2 N–H and O–H groups in total. The van der Waals surface area contributed by atoms with Crippen molar-refractivity contribution in [1.29, 1.82) is 0 Å². The van der Waals surface area contributed by atoms with Crippen molar-refractivity contribution in [2.45, 2.75) is 26.1 Å². The first-order valence-electron chi connectivity index (χ1n) is 11.4. The summed E-state index contributed by atoms with van der Waals surface area (Å²) in [5.41, 5.74) is 4.44. The minimum atomic E-state index is -0.297. The SMILES string of the molecule is O=C(c1nc(N2CCc3c(Br)cccc32)c(CO)s1)c1nc(N2CCc3c(Br)cccc32)c(CO)s1. The number of halogens is 2. The lowest BCUT2D eigenvalue weighted by atomic mass is 10.2. The third-order valence-corrected chi connectivity index (χ3v) is 10.0. The molecule has 2 aromatic heterocycles. The van der Waals surface area contributed by atoms with Crippen LogP contribution < -0.4 is 9.80 Å². The Hall–Kier alpha value is -2.15. The molecule has 6 rings (SSSR count). The van der Waals surface area contributed by atoms with E-state index in [1.165, 1.54) is 33.8 Å². The number of aromatic nitrogens is 2. The number of carbonyl (C=O) groups excluding carboxylic acids is 1. The van der Waals surface area contributed by atoms with Gasteiger partial charge in [0.2, 0.25) is 5.78 Å². The highest BCUT2D eigenvalue weighted by Crippen LogP contribution is 2.43. The Labute approximate surface area is 232 Å². The number of aliphatic hydroxyl groups excluding tert-OH is 2. The van der Waals surface area contributed by atoms with Gasteiger partial charge in [0, 0.05) is 33.4 Å². The van der Waals surface area contributed by atoms with Crippen LogP contribution in [0.3, 0.4) is 0 Å². The second-order valence-corrected chi connectivity index (χ2v) is 12.3. The fourth-order valence-corrected chi connectivity index (χ4v) is 7.73. The lowest BCUT2D eigenvalue weighted by Gasteiger charge is -2.18. The van der Waals surface area contributed by atoms with E-state index in [-0.39, 0.29) is 29.0 Å². The summed E-state index contributed by atoms with van der Waals surface area (Å²) in [6.07, 6.45) is 1.71. The van der Waals surface area contributed by atoms with Crippen LogP contribution in [0.1, 0.15) is 35.7 Å². The Bertz CT molecular complexity index is 1390. The summed E-state index contributed by atoms with van der Waals surface area (Å²) in [6, 6.07) is 12.0. The van der Waals surface area contributed by atoms with Gasteiger partial charge in [-0.3, -0.25) is 4.79 Å². The third kappa shape index (κ3) is 3.93. The maximum Gasteiger partial charge on any atom is 0.250 e. The van der Waals surface area contributed by atoms with E-state index in [4.69, 9.17) is 0 Å². The normalized spacial score (nSPS) is 14.4. The van der Waals surface area contributed by atoms with E-state index >= 15 is 0 Å². The number of benzene rings is 2. The van der Waals surface area contributed by atoms with E-state index in [0.29, 0.717) is 21.4 Å². The van der Waals surface area contributed by atoms with E-state index in [1.807, 2.05) is 36.4 Å². The van der Waals surface area contributed by atoms with Gasteiger partial charge >= 0.3 is 0 Å². The second-order valence-electron chi connectivity index (χ2n) is 8.46. The average molecular weight is 648 g/mol. The fraction of sp³-hybridized carbons (Fsp3) is 0.240. The van der Waals surface area contributed by atoms with Gasteiger partial charge < -0.3 is 20.0 Å². The lowest BCUT2D eigenvalue weighted by Crippen LogP contribution is -2.16. The van der Waals surface area contributed by atoms with E-state index < -0.39 is 0 Å². The molecular weight excluding hydrogens is 628 g/mol. The summed E-state index contributed by atoms with van der Waals surface area (Å²) in [7, 11) is 0. The molecule has 0 bridgehead atoms. The molecule has 0 atom stereocenters. The third-order valence-electron chi connectivity index (χ3n) is 6.48. The average Bonchev–Trinajstić information content (AvgIpc) is 3.67. The van der Waals surface area contributed by atoms with E-state index in [2.05, 4.69) is 51.6 Å². The molecule has 0 fully saturated rings. The monoisotopic (exact) mass is 646 g/mol. The number of rotatable bonds is 6. The zero-order chi connectivity index (χ0) is 25.0.